The van der Waals surface area contributed by atoms with E-state index in [-0.39, 0.29) is 23.6 Å². The summed E-state index contributed by atoms with van der Waals surface area (Å²) in [6.45, 7) is 8.22. The van der Waals surface area contributed by atoms with Gasteiger partial charge in [0.15, 0.2) is 0 Å². The van der Waals surface area contributed by atoms with Gasteiger partial charge < -0.3 is 5.32 Å². The van der Waals surface area contributed by atoms with Crippen LogP contribution in [0.5, 0.6) is 0 Å². The molecule has 2 atom stereocenters. The molecule has 4 aromatic rings. The maximum Gasteiger partial charge on any atom is 0.252 e. The van der Waals surface area contributed by atoms with Crippen molar-refractivity contribution in [1.29, 1.82) is 0 Å². The van der Waals surface area contributed by atoms with E-state index in [9.17, 15) is 9.18 Å². The molecule has 0 saturated carbocycles. The molecule has 3 heterocycles. The van der Waals surface area contributed by atoms with E-state index < -0.39 is 5.95 Å². The predicted molar refractivity (Wildman–Crippen MR) is 125 cm³/mol. The van der Waals surface area contributed by atoms with Gasteiger partial charge in [-0.2, -0.15) is 9.37 Å². The topological polar surface area (TPSA) is 72.7 Å². The van der Waals surface area contributed by atoms with Crippen molar-refractivity contribution in [1.82, 2.24) is 19.5 Å². The van der Waals surface area contributed by atoms with Gasteiger partial charge in [0, 0.05) is 36.0 Å². The Balaban J connectivity index is 1.60. The van der Waals surface area contributed by atoms with Gasteiger partial charge in [0.1, 0.15) is 5.65 Å². The Kier molecular flexibility index (Phi) is 5.99. The molecule has 0 saturated heterocycles. The summed E-state index contributed by atoms with van der Waals surface area (Å²) in [7, 11) is 0. The normalized spacial score (nSPS) is 13.3. The van der Waals surface area contributed by atoms with Crippen LogP contribution in [-0.2, 0) is 0 Å². The molecular weight excluding hydrogens is 405 g/mol. The van der Waals surface area contributed by atoms with E-state index >= 15 is 0 Å². The van der Waals surface area contributed by atoms with Crippen LogP contribution in [0.25, 0.3) is 22.2 Å². The Hall–Kier alpha value is -3.61. The Labute approximate surface area is 186 Å². The van der Waals surface area contributed by atoms with Gasteiger partial charge in [0.2, 0.25) is 11.9 Å². The first-order valence-corrected chi connectivity index (χ1v) is 10.7. The predicted octanol–water partition coefficient (Wildman–Crippen LogP) is 5.38. The molecule has 164 valence electrons. The van der Waals surface area contributed by atoms with Crippen molar-refractivity contribution in [2.24, 2.45) is 5.92 Å². The van der Waals surface area contributed by atoms with Crippen molar-refractivity contribution in [3.63, 3.8) is 0 Å². The van der Waals surface area contributed by atoms with Gasteiger partial charge >= 0.3 is 0 Å². The number of aromatic nitrogens is 4. The third-order valence-electron chi connectivity index (χ3n) is 5.86. The maximum absolute atomic E-state index is 13.4. The molecular formula is C25H26FN5O. The quantitative estimate of drug-likeness (QED) is 0.415. The SMILES string of the molecule is CC(C)[C@H](C)n1c(=O)ccc2cnc(N[C@@H](C)c3ccc(-c4ccnc(F)c4)cc3)nc21. The minimum Gasteiger partial charge on any atom is -0.348 e. The molecule has 7 heteroatoms. The molecule has 0 spiro atoms. The fourth-order valence-electron chi connectivity index (χ4n) is 3.62. The molecule has 0 aliphatic carbocycles. The lowest BCUT2D eigenvalue weighted by atomic mass is 10.0. The smallest absolute Gasteiger partial charge is 0.252 e. The zero-order valence-corrected chi connectivity index (χ0v) is 18.6. The Bertz CT molecular complexity index is 1300. The summed E-state index contributed by atoms with van der Waals surface area (Å²) in [5.41, 5.74) is 3.28. The van der Waals surface area contributed by atoms with E-state index in [0.29, 0.717) is 11.6 Å². The summed E-state index contributed by atoms with van der Waals surface area (Å²) in [5.74, 6) is 0.247. The standard InChI is InChI=1S/C25H26FN5O/c1-15(2)17(4)31-23(32)10-9-21-14-28-25(30-24(21)31)29-16(3)18-5-7-19(8-6-18)20-11-12-27-22(26)13-20/h5-17H,1-4H3,(H,28,29,30)/t16-,17-/m0/s1. The second-order valence-corrected chi connectivity index (χ2v) is 8.35. The average molecular weight is 432 g/mol. The molecule has 1 aromatic carbocycles. The first kappa shape index (κ1) is 21.6. The highest BCUT2D eigenvalue weighted by Gasteiger charge is 2.16. The maximum atomic E-state index is 13.4. The number of hydrogen-bond acceptors (Lipinski definition) is 5. The summed E-state index contributed by atoms with van der Waals surface area (Å²) in [6, 6.07) is 14.3. The molecule has 6 nitrogen and oxygen atoms in total. The summed E-state index contributed by atoms with van der Waals surface area (Å²) >= 11 is 0. The van der Waals surface area contributed by atoms with E-state index in [1.807, 2.05) is 38.1 Å². The van der Waals surface area contributed by atoms with Crippen LogP contribution in [-0.4, -0.2) is 19.5 Å². The van der Waals surface area contributed by atoms with Gasteiger partial charge in [-0.05, 0) is 48.6 Å². The number of anilines is 1. The average Bonchev–Trinajstić information content (AvgIpc) is 2.78. The fraction of sp³-hybridized carbons (Fsp3) is 0.280. The highest BCUT2D eigenvalue weighted by atomic mass is 19.1. The van der Waals surface area contributed by atoms with Crippen LogP contribution in [0.1, 0.15) is 45.3 Å². The number of nitrogens with zero attached hydrogens (tertiary/aromatic N) is 4. The van der Waals surface area contributed by atoms with Crippen LogP contribution in [0.3, 0.4) is 0 Å². The molecule has 4 rings (SSSR count). The lowest BCUT2D eigenvalue weighted by molar-refractivity contribution is 0.407. The number of nitrogens with one attached hydrogen (secondary N) is 1. The molecule has 1 N–H and O–H groups in total. The monoisotopic (exact) mass is 431 g/mol. The highest BCUT2D eigenvalue weighted by Crippen LogP contribution is 2.25. The van der Waals surface area contributed by atoms with E-state index in [2.05, 4.69) is 34.1 Å². The lowest BCUT2D eigenvalue weighted by Gasteiger charge is -2.21. The Morgan fingerprint density at radius 2 is 1.69 bits per heavy atom. The van der Waals surface area contributed by atoms with E-state index in [1.54, 1.807) is 29.0 Å². The second kappa shape index (κ2) is 8.86. The highest BCUT2D eigenvalue weighted by molar-refractivity contribution is 5.75. The minimum absolute atomic E-state index is 0.0111. The number of hydrogen-bond donors (Lipinski definition) is 1. The van der Waals surface area contributed by atoms with Crippen molar-refractivity contribution in [2.75, 3.05) is 5.32 Å². The van der Waals surface area contributed by atoms with Crippen molar-refractivity contribution in [3.8, 4) is 11.1 Å². The second-order valence-electron chi connectivity index (χ2n) is 8.35. The van der Waals surface area contributed by atoms with Crippen molar-refractivity contribution in [2.45, 2.75) is 39.8 Å². The largest absolute Gasteiger partial charge is 0.348 e. The van der Waals surface area contributed by atoms with Crippen LogP contribution in [0.15, 0.2) is 65.7 Å². The molecule has 0 bridgehead atoms. The van der Waals surface area contributed by atoms with Crippen molar-refractivity contribution < 1.29 is 4.39 Å². The molecule has 0 amide bonds. The van der Waals surface area contributed by atoms with Crippen LogP contribution < -0.4 is 10.9 Å². The number of fused-ring (bicyclic) bond motifs is 1. The summed E-state index contributed by atoms with van der Waals surface area (Å²) in [5, 5.41) is 4.15. The lowest BCUT2D eigenvalue weighted by Crippen LogP contribution is -2.26. The summed E-state index contributed by atoms with van der Waals surface area (Å²) < 4.78 is 15.1. The summed E-state index contributed by atoms with van der Waals surface area (Å²) in [6.07, 6.45) is 3.20. The number of pyridine rings is 2. The third kappa shape index (κ3) is 4.37. The zero-order chi connectivity index (χ0) is 22.8. The van der Waals surface area contributed by atoms with Gasteiger partial charge in [0.25, 0.3) is 5.56 Å². The van der Waals surface area contributed by atoms with Gasteiger partial charge in [-0.3, -0.25) is 9.36 Å². The van der Waals surface area contributed by atoms with Crippen molar-refractivity contribution in [3.05, 3.63) is 82.8 Å². The third-order valence-corrected chi connectivity index (χ3v) is 5.86. The van der Waals surface area contributed by atoms with Gasteiger partial charge in [-0.15, -0.1) is 0 Å². The van der Waals surface area contributed by atoms with Crippen molar-refractivity contribution >= 4 is 17.0 Å². The van der Waals surface area contributed by atoms with Gasteiger partial charge in [-0.1, -0.05) is 38.1 Å². The first-order chi connectivity index (χ1) is 15.3. The zero-order valence-electron chi connectivity index (χ0n) is 18.6. The van der Waals surface area contributed by atoms with E-state index in [1.165, 1.54) is 12.3 Å². The molecule has 0 fully saturated rings. The van der Waals surface area contributed by atoms with E-state index in [4.69, 9.17) is 0 Å². The fourth-order valence-corrected chi connectivity index (χ4v) is 3.62. The van der Waals surface area contributed by atoms with E-state index in [0.717, 1.165) is 22.1 Å². The number of benzene rings is 1. The van der Waals surface area contributed by atoms with Crippen LogP contribution in [0.2, 0.25) is 0 Å². The van der Waals surface area contributed by atoms with Crippen LogP contribution in [0.4, 0.5) is 10.3 Å². The van der Waals surface area contributed by atoms with Crippen LogP contribution in [0, 0.1) is 11.9 Å². The number of rotatable bonds is 6. The van der Waals surface area contributed by atoms with Gasteiger partial charge in [-0.25, -0.2) is 9.97 Å². The molecule has 32 heavy (non-hydrogen) atoms. The molecule has 0 aliphatic heterocycles. The molecule has 3 aromatic heterocycles. The molecule has 0 radical (unpaired) electrons. The number of halogens is 1. The Morgan fingerprint density at radius 1 is 0.938 bits per heavy atom. The van der Waals surface area contributed by atoms with Crippen LogP contribution >= 0.6 is 0 Å². The summed E-state index contributed by atoms with van der Waals surface area (Å²) in [4.78, 5) is 25.3. The molecule has 0 unspecified atom stereocenters. The minimum atomic E-state index is -0.500. The molecule has 0 aliphatic rings. The van der Waals surface area contributed by atoms with Gasteiger partial charge in [0.05, 0.1) is 6.04 Å². The first-order valence-electron chi connectivity index (χ1n) is 10.7. The Morgan fingerprint density at radius 3 is 2.38 bits per heavy atom.